The number of aromatic hydroxyl groups is 2. The fourth-order valence-electron chi connectivity index (χ4n) is 2.78. The summed E-state index contributed by atoms with van der Waals surface area (Å²) in [5, 5.41) is 43.0. The van der Waals surface area contributed by atoms with E-state index in [1.165, 1.54) is 24.3 Å². The summed E-state index contributed by atoms with van der Waals surface area (Å²) >= 11 is 0. The molecule has 0 saturated carbocycles. The number of benzene rings is 4. The number of fused-ring (bicyclic) bond motifs is 2. The van der Waals surface area contributed by atoms with E-state index in [4.69, 9.17) is 0 Å². The molecule has 32 heavy (non-hydrogen) atoms. The molecule has 0 bridgehead atoms. The van der Waals surface area contributed by atoms with E-state index >= 15 is 0 Å². The molecule has 164 valence electrons. The molecule has 0 aliphatic heterocycles. The summed E-state index contributed by atoms with van der Waals surface area (Å²) in [6.07, 6.45) is 0. The first-order chi connectivity index (χ1) is 13.4. The Labute approximate surface area is 212 Å². The Hall–Kier alpha value is -2.92. The number of hydrogen-bond donors (Lipinski definition) is 2. The average molecular weight is 468 g/mol. The van der Waals surface area contributed by atoms with Crippen molar-refractivity contribution in [1.82, 2.24) is 0 Å². The van der Waals surface area contributed by atoms with Gasteiger partial charge >= 0.3 is 37.7 Å². The van der Waals surface area contributed by atoms with E-state index in [-0.39, 0.29) is 76.8 Å². The molecule has 0 fully saturated rings. The maximum absolute atomic E-state index is 10.6. The van der Waals surface area contributed by atoms with Gasteiger partial charge in [0.15, 0.2) is 0 Å². The number of carboxylic acid groups (broad SMARTS) is 2. The van der Waals surface area contributed by atoms with Gasteiger partial charge in [-0.1, -0.05) is 48.5 Å². The number of carboxylic acids is 2. The number of carbonyl (C=O) groups is 2. The van der Waals surface area contributed by atoms with E-state index in [2.05, 4.69) is 0 Å². The minimum atomic E-state index is -1.37. The van der Waals surface area contributed by atoms with Crippen molar-refractivity contribution >= 4 is 71.2 Å². The van der Waals surface area contributed by atoms with Crippen LogP contribution in [0.15, 0.2) is 72.8 Å². The molecule has 10 heteroatoms. The van der Waals surface area contributed by atoms with Crippen molar-refractivity contribution < 1.29 is 46.4 Å². The van der Waals surface area contributed by atoms with Crippen LogP contribution >= 0.6 is 0 Å². The van der Waals surface area contributed by atoms with Gasteiger partial charge in [-0.2, -0.15) is 0 Å². The molecule has 8 N–H and O–H groups in total. The van der Waals surface area contributed by atoms with Crippen molar-refractivity contribution in [3.05, 3.63) is 83.9 Å². The standard InChI is InChI=1S/2C11H8O3.Ca.3H2O/c2*12-10-6-8-4-2-1-3-7(8)5-9(10)11(13)14;;;;/h2*1-6,12H,(H,13,14);;3*1H2/q;;+2;;;/p-2. The van der Waals surface area contributed by atoms with E-state index in [1.807, 2.05) is 12.1 Å². The third-order valence-electron chi connectivity index (χ3n) is 4.17. The maximum Gasteiger partial charge on any atom is 2.00 e. The van der Waals surface area contributed by atoms with E-state index in [1.54, 1.807) is 36.4 Å². The summed E-state index contributed by atoms with van der Waals surface area (Å²) < 4.78 is 0. The topological polar surface area (TPSA) is 215 Å². The van der Waals surface area contributed by atoms with Crippen molar-refractivity contribution in [3.63, 3.8) is 0 Å². The first kappa shape index (κ1) is 31.3. The van der Waals surface area contributed by atoms with E-state index in [0.717, 1.165) is 21.5 Å². The summed E-state index contributed by atoms with van der Waals surface area (Å²) in [6, 6.07) is 20.0. The van der Waals surface area contributed by atoms with Crippen molar-refractivity contribution in [3.8, 4) is 11.5 Å². The SMILES string of the molecule is O.O.O.O=C([O-])c1cc2ccccc2cc1O.O=C([O-])c1cc2ccccc2cc1O.[Ca+2]. The van der Waals surface area contributed by atoms with Gasteiger partial charge in [-0.15, -0.1) is 0 Å². The van der Waals surface area contributed by atoms with Crippen LogP contribution in [0.3, 0.4) is 0 Å². The molecule has 0 spiro atoms. The second-order valence-corrected chi connectivity index (χ2v) is 6.01. The van der Waals surface area contributed by atoms with Crippen LogP contribution in [0.4, 0.5) is 0 Å². The second-order valence-electron chi connectivity index (χ2n) is 6.01. The first-order valence-corrected chi connectivity index (χ1v) is 8.23. The van der Waals surface area contributed by atoms with Crippen LogP contribution < -0.4 is 10.2 Å². The summed E-state index contributed by atoms with van der Waals surface area (Å²) in [6.45, 7) is 0. The van der Waals surface area contributed by atoms with Gasteiger partial charge in [-0.05, 0) is 45.8 Å². The molecule has 0 saturated heterocycles. The Morgan fingerprint density at radius 1 is 0.562 bits per heavy atom. The summed E-state index contributed by atoms with van der Waals surface area (Å²) in [5.74, 6) is -3.26. The summed E-state index contributed by atoms with van der Waals surface area (Å²) in [4.78, 5) is 21.2. The van der Waals surface area contributed by atoms with Crippen LogP contribution in [0.2, 0.25) is 0 Å². The molecule has 0 aliphatic rings. The van der Waals surface area contributed by atoms with Gasteiger partial charge in [0.05, 0.1) is 11.9 Å². The van der Waals surface area contributed by atoms with Crippen LogP contribution in [0.5, 0.6) is 11.5 Å². The zero-order chi connectivity index (χ0) is 20.3. The molecule has 0 radical (unpaired) electrons. The fraction of sp³-hybridized carbons (Fsp3) is 0. The Bertz CT molecular complexity index is 1110. The van der Waals surface area contributed by atoms with Crippen LogP contribution in [0.1, 0.15) is 20.7 Å². The summed E-state index contributed by atoms with van der Waals surface area (Å²) in [5.41, 5.74) is -0.354. The fourth-order valence-corrected chi connectivity index (χ4v) is 2.78. The molecule has 0 aromatic heterocycles. The third kappa shape index (κ3) is 7.06. The molecule has 4 aromatic carbocycles. The van der Waals surface area contributed by atoms with Crippen LogP contribution in [0.25, 0.3) is 21.5 Å². The predicted molar refractivity (Wildman–Crippen MR) is 116 cm³/mol. The molecule has 4 aromatic rings. The van der Waals surface area contributed by atoms with Gasteiger partial charge in [-0.3, -0.25) is 0 Å². The first-order valence-electron chi connectivity index (χ1n) is 8.23. The molecule has 0 amide bonds. The normalized spacial score (nSPS) is 9.00. The number of hydrogen-bond acceptors (Lipinski definition) is 6. The number of phenols is 2. The Morgan fingerprint density at radius 3 is 1.06 bits per heavy atom. The van der Waals surface area contributed by atoms with Gasteiger partial charge in [0, 0.05) is 11.1 Å². The van der Waals surface area contributed by atoms with Crippen molar-refractivity contribution in [2.75, 3.05) is 0 Å². The molecular weight excluding hydrogens is 448 g/mol. The Kier molecular flexibility index (Phi) is 13.2. The Balaban J connectivity index is 0. The minimum absolute atomic E-state index is 0. The molecular formula is C22H20CaO9. The molecule has 0 atom stereocenters. The van der Waals surface area contributed by atoms with E-state index in [9.17, 15) is 30.0 Å². The van der Waals surface area contributed by atoms with Crippen LogP contribution in [-0.4, -0.2) is 76.3 Å². The van der Waals surface area contributed by atoms with Gasteiger partial charge in [0.2, 0.25) is 0 Å². The van der Waals surface area contributed by atoms with Crippen LogP contribution in [0, 0.1) is 0 Å². The van der Waals surface area contributed by atoms with Crippen LogP contribution in [-0.2, 0) is 0 Å². The van der Waals surface area contributed by atoms with E-state index in [0.29, 0.717) is 0 Å². The molecule has 0 unspecified atom stereocenters. The van der Waals surface area contributed by atoms with E-state index < -0.39 is 11.9 Å². The van der Waals surface area contributed by atoms with Gasteiger partial charge in [0.25, 0.3) is 0 Å². The summed E-state index contributed by atoms with van der Waals surface area (Å²) in [7, 11) is 0. The number of carbonyl (C=O) groups excluding carboxylic acids is 2. The predicted octanol–water partition coefficient (Wildman–Crippen LogP) is -1.04. The zero-order valence-corrected chi connectivity index (χ0v) is 18.9. The molecule has 0 heterocycles. The van der Waals surface area contributed by atoms with Gasteiger partial charge in [-0.25, -0.2) is 0 Å². The number of aromatic carboxylic acids is 2. The van der Waals surface area contributed by atoms with Gasteiger partial charge < -0.3 is 46.4 Å². The van der Waals surface area contributed by atoms with Crippen molar-refractivity contribution in [2.45, 2.75) is 0 Å². The maximum atomic E-state index is 10.6. The smallest absolute Gasteiger partial charge is 0.545 e. The largest absolute Gasteiger partial charge is 2.00 e. The van der Waals surface area contributed by atoms with Gasteiger partial charge in [0.1, 0.15) is 11.5 Å². The minimum Gasteiger partial charge on any atom is -0.545 e. The van der Waals surface area contributed by atoms with Crippen molar-refractivity contribution in [2.24, 2.45) is 0 Å². The average Bonchev–Trinajstić information content (AvgIpc) is 2.67. The molecule has 9 nitrogen and oxygen atoms in total. The molecule has 0 aliphatic carbocycles. The van der Waals surface area contributed by atoms with Crippen molar-refractivity contribution in [1.29, 1.82) is 0 Å². The monoisotopic (exact) mass is 468 g/mol. The molecule has 4 rings (SSSR count). The Morgan fingerprint density at radius 2 is 0.812 bits per heavy atom. The number of rotatable bonds is 2. The quantitative estimate of drug-likeness (QED) is 0.350. The third-order valence-corrected chi connectivity index (χ3v) is 4.17. The zero-order valence-electron chi connectivity index (χ0n) is 16.7. The second kappa shape index (κ2) is 13.5.